The molecule has 0 aliphatic carbocycles. The van der Waals surface area contributed by atoms with Gasteiger partial charge in [-0.2, -0.15) is 13.2 Å². The molecule has 0 spiro atoms. The zero-order valence-electron chi connectivity index (χ0n) is 18.8. The number of carbonyl (C=O) groups excluding carboxylic acids is 1. The maximum Gasteiger partial charge on any atom is 0.416 e. The van der Waals surface area contributed by atoms with Gasteiger partial charge in [0.1, 0.15) is 5.56 Å². The van der Waals surface area contributed by atoms with Crippen LogP contribution in [0, 0.1) is 6.92 Å². The Morgan fingerprint density at radius 1 is 1.06 bits per heavy atom. The lowest BCUT2D eigenvalue weighted by molar-refractivity contribution is -0.137. The molecule has 1 aromatic heterocycles. The Morgan fingerprint density at radius 2 is 1.79 bits per heavy atom. The predicted octanol–water partition coefficient (Wildman–Crippen LogP) is 4.76. The normalized spacial score (nSPS) is 15.3. The third kappa shape index (κ3) is 5.75. The molecule has 5 nitrogen and oxygen atoms in total. The van der Waals surface area contributed by atoms with E-state index in [1.807, 2.05) is 31.2 Å². The molecule has 4 rings (SSSR count). The average Bonchev–Trinajstić information content (AvgIpc) is 2.80. The van der Waals surface area contributed by atoms with E-state index in [9.17, 15) is 22.8 Å². The van der Waals surface area contributed by atoms with Gasteiger partial charge in [-0.15, -0.1) is 0 Å². The SMILES string of the molecule is Cc1cccc(-c2ccc(C(=O)NC3CCN(Cc4cccc(C(F)(F)F)c4)CC3)c(=O)[nH]2)c1. The summed E-state index contributed by atoms with van der Waals surface area (Å²) in [5, 5.41) is 2.92. The number of hydrogen-bond acceptors (Lipinski definition) is 3. The molecule has 8 heteroatoms. The highest BCUT2D eigenvalue weighted by atomic mass is 19.4. The summed E-state index contributed by atoms with van der Waals surface area (Å²) in [6.45, 7) is 3.67. The summed E-state index contributed by atoms with van der Waals surface area (Å²) in [4.78, 5) is 30.1. The number of nitrogens with zero attached hydrogens (tertiary/aromatic N) is 1. The molecule has 1 aliphatic rings. The molecule has 0 bridgehead atoms. The molecule has 2 heterocycles. The first-order chi connectivity index (χ1) is 16.2. The van der Waals surface area contributed by atoms with Gasteiger partial charge >= 0.3 is 6.18 Å². The fraction of sp³-hybridized carbons (Fsp3) is 0.308. The number of rotatable bonds is 5. The smallest absolute Gasteiger partial charge is 0.349 e. The van der Waals surface area contributed by atoms with E-state index < -0.39 is 23.2 Å². The minimum atomic E-state index is -4.36. The van der Waals surface area contributed by atoms with Crippen LogP contribution in [0.5, 0.6) is 0 Å². The summed E-state index contributed by atoms with van der Waals surface area (Å²) in [5.74, 6) is -0.423. The number of benzene rings is 2. The molecular weight excluding hydrogens is 443 g/mol. The maximum absolute atomic E-state index is 12.9. The number of carbonyl (C=O) groups is 1. The summed E-state index contributed by atoms with van der Waals surface area (Å²) in [6, 6.07) is 16.3. The number of pyridine rings is 1. The van der Waals surface area contributed by atoms with Crippen molar-refractivity contribution >= 4 is 5.91 Å². The van der Waals surface area contributed by atoms with E-state index in [0.29, 0.717) is 43.7 Å². The van der Waals surface area contributed by atoms with Crippen LogP contribution < -0.4 is 10.9 Å². The topological polar surface area (TPSA) is 65.2 Å². The lowest BCUT2D eigenvalue weighted by atomic mass is 10.0. The predicted molar refractivity (Wildman–Crippen MR) is 124 cm³/mol. The minimum Gasteiger partial charge on any atom is -0.349 e. The maximum atomic E-state index is 12.9. The largest absolute Gasteiger partial charge is 0.416 e. The first-order valence-corrected chi connectivity index (χ1v) is 11.2. The number of halogens is 3. The first-order valence-electron chi connectivity index (χ1n) is 11.2. The quantitative estimate of drug-likeness (QED) is 0.566. The number of piperidine rings is 1. The molecule has 0 radical (unpaired) electrons. The van der Waals surface area contributed by atoms with E-state index in [4.69, 9.17) is 0 Å². The van der Waals surface area contributed by atoms with E-state index in [1.54, 1.807) is 12.1 Å². The Hall–Kier alpha value is -3.39. The fourth-order valence-electron chi connectivity index (χ4n) is 4.24. The van der Waals surface area contributed by atoms with Crippen LogP contribution in [0.3, 0.4) is 0 Å². The molecular formula is C26H26F3N3O2. The van der Waals surface area contributed by atoms with Crippen molar-refractivity contribution in [3.05, 3.63) is 93.3 Å². The highest BCUT2D eigenvalue weighted by Crippen LogP contribution is 2.30. The molecule has 2 aromatic carbocycles. The number of aryl methyl sites for hydroxylation is 1. The van der Waals surface area contributed by atoms with Crippen molar-refractivity contribution in [3.8, 4) is 11.3 Å². The third-order valence-corrected chi connectivity index (χ3v) is 6.07. The van der Waals surface area contributed by atoms with Gasteiger partial charge in [-0.25, -0.2) is 0 Å². The van der Waals surface area contributed by atoms with Crippen LogP contribution in [0.1, 0.15) is 39.9 Å². The average molecular weight is 470 g/mol. The van der Waals surface area contributed by atoms with Crippen LogP contribution in [0.15, 0.2) is 65.5 Å². The molecule has 1 aliphatic heterocycles. The number of likely N-dealkylation sites (tertiary alicyclic amines) is 1. The summed E-state index contributed by atoms with van der Waals surface area (Å²) in [5.41, 5.74) is 2.16. The summed E-state index contributed by atoms with van der Waals surface area (Å²) in [6.07, 6.45) is -3.04. The lowest BCUT2D eigenvalue weighted by Crippen LogP contribution is -2.45. The standard InChI is InChI=1S/C26H26F3N3O2/c1-17-4-2-6-19(14-17)23-9-8-22(25(34)31-23)24(33)30-21-10-12-32(13-11-21)16-18-5-3-7-20(15-18)26(27,28)29/h2-9,14-15,21H,10-13,16H2,1H3,(H,30,33)(H,31,34). The second kappa shape index (κ2) is 9.85. The van der Waals surface area contributed by atoms with Crippen molar-refractivity contribution in [3.63, 3.8) is 0 Å². The molecule has 1 amide bonds. The van der Waals surface area contributed by atoms with E-state index in [1.165, 1.54) is 18.2 Å². The van der Waals surface area contributed by atoms with Gasteiger partial charge in [0.05, 0.1) is 5.56 Å². The van der Waals surface area contributed by atoms with Gasteiger partial charge in [-0.05, 0) is 55.2 Å². The summed E-state index contributed by atoms with van der Waals surface area (Å²) in [7, 11) is 0. The van der Waals surface area contributed by atoms with Gasteiger partial charge in [-0.1, -0.05) is 42.0 Å². The zero-order chi connectivity index (χ0) is 24.3. The van der Waals surface area contributed by atoms with Crippen LogP contribution in [0.4, 0.5) is 13.2 Å². The van der Waals surface area contributed by atoms with Crippen LogP contribution >= 0.6 is 0 Å². The molecule has 3 aromatic rings. The van der Waals surface area contributed by atoms with Gasteiger partial charge in [-0.3, -0.25) is 14.5 Å². The number of aromatic nitrogens is 1. The number of hydrogen-bond donors (Lipinski definition) is 2. The van der Waals surface area contributed by atoms with Gasteiger partial charge in [0.25, 0.3) is 11.5 Å². The van der Waals surface area contributed by atoms with E-state index in [2.05, 4.69) is 15.2 Å². The van der Waals surface area contributed by atoms with Gasteiger partial charge in [0.15, 0.2) is 0 Å². The summed E-state index contributed by atoms with van der Waals surface area (Å²) < 4.78 is 38.8. The molecule has 0 unspecified atom stereocenters. The molecule has 1 fully saturated rings. The van der Waals surface area contributed by atoms with Crippen LogP contribution in [-0.4, -0.2) is 34.9 Å². The highest BCUT2D eigenvalue weighted by Gasteiger charge is 2.30. The molecule has 178 valence electrons. The van der Waals surface area contributed by atoms with Gasteiger partial charge in [0.2, 0.25) is 0 Å². The van der Waals surface area contributed by atoms with E-state index in [-0.39, 0.29) is 11.6 Å². The van der Waals surface area contributed by atoms with Gasteiger partial charge < -0.3 is 10.3 Å². The van der Waals surface area contributed by atoms with E-state index in [0.717, 1.165) is 17.2 Å². The van der Waals surface area contributed by atoms with Crippen molar-refractivity contribution in [1.29, 1.82) is 0 Å². The van der Waals surface area contributed by atoms with Crippen molar-refractivity contribution < 1.29 is 18.0 Å². The highest BCUT2D eigenvalue weighted by molar-refractivity contribution is 5.94. The van der Waals surface area contributed by atoms with Crippen molar-refractivity contribution in [1.82, 2.24) is 15.2 Å². The van der Waals surface area contributed by atoms with Crippen molar-refractivity contribution in [2.24, 2.45) is 0 Å². The number of alkyl halides is 3. The molecule has 34 heavy (non-hydrogen) atoms. The molecule has 0 saturated carbocycles. The van der Waals surface area contributed by atoms with Crippen molar-refractivity contribution in [2.75, 3.05) is 13.1 Å². The monoisotopic (exact) mass is 469 g/mol. The second-order valence-electron chi connectivity index (χ2n) is 8.71. The lowest BCUT2D eigenvalue weighted by Gasteiger charge is -2.32. The second-order valence-corrected chi connectivity index (χ2v) is 8.71. The molecule has 2 N–H and O–H groups in total. The summed E-state index contributed by atoms with van der Waals surface area (Å²) >= 11 is 0. The third-order valence-electron chi connectivity index (χ3n) is 6.07. The number of aromatic amines is 1. The van der Waals surface area contributed by atoms with E-state index >= 15 is 0 Å². The van der Waals surface area contributed by atoms with Crippen LogP contribution in [-0.2, 0) is 12.7 Å². The number of H-pyrrole nitrogens is 1. The number of amides is 1. The van der Waals surface area contributed by atoms with Crippen molar-refractivity contribution in [2.45, 2.75) is 38.5 Å². The Balaban J connectivity index is 1.33. The minimum absolute atomic E-state index is 0.0581. The van der Waals surface area contributed by atoms with Gasteiger partial charge in [0, 0.05) is 31.4 Å². The Labute approximate surface area is 195 Å². The number of nitrogens with one attached hydrogen (secondary N) is 2. The zero-order valence-corrected chi connectivity index (χ0v) is 18.8. The Bertz CT molecular complexity index is 1230. The molecule has 0 atom stereocenters. The fourth-order valence-corrected chi connectivity index (χ4v) is 4.24. The molecule has 1 saturated heterocycles. The Kier molecular flexibility index (Phi) is 6.88. The first kappa shape index (κ1) is 23.8. The van der Waals surface area contributed by atoms with Crippen LogP contribution in [0.2, 0.25) is 0 Å². The van der Waals surface area contributed by atoms with Crippen LogP contribution in [0.25, 0.3) is 11.3 Å². The Morgan fingerprint density at radius 3 is 2.47 bits per heavy atom.